The van der Waals surface area contributed by atoms with Gasteiger partial charge < -0.3 is 9.30 Å². The van der Waals surface area contributed by atoms with Crippen LogP contribution in [0.2, 0.25) is 0 Å². The SMILES string of the molecule is COC(=O)c1ccc2c(c1)sc(=NC(=O)c1ccc(S(C)(=O)=O)cc1)n2C. The van der Waals surface area contributed by atoms with Crippen molar-refractivity contribution in [1.82, 2.24) is 4.57 Å². The fourth-order valence-corrected chi connectivity index (χ4v) is 4.17. The lowest BCUT2D eigenvalue weighted by Crippen LogP contribution is -2.13. The molecule has 2 aromatic carbocycles. The van der Waals surface area contributed by atoms with Gasteiger partial charge in [-0.2, -0.15) is 4.99 Å². The highest BCUT2D eigenvalue weighted by molar-refractivity contribution is 7.90. The lowest BCUT2D eigenvalue weighted by Gasteiger charge is -2.00. The summed E-state index contributed by atoms with van der Waals surface area (Å²) >= 11 is 1.27. The Kier molecular flexibility index (Phi) is 4.99. The van der Waals surface area contributed by atoms with Crippen LogP contribution in [-0.2, 0) is 21.6 Å². The van der Waals surface area contributed by atoms with E-state index in [0.717, 1.165) is 16.5 Å². The highest BCUT2D eigenvalue weighted by Crippen LogP contribution is 2.19. The highest BCUT2D eigenvalue weighted by atomic mass is 32.2. The summed E-state index contributed by atoms with van der Waals surface area (Å²) in [6.07, 6.45) is 1.11. The van der Waals surface area contributed by atoms with Gasteiger partial charge in [0.1, 0.15) is 0 Å². The van der Waals surface area contributed by atoms with Crippen molar-refractivity contribution in [2.75, 3.05) is 13.4 Å². The fourth-order valence-electron chi connectivity index (χ4n) is 2.48. The summed E-state index contributed by atoms with van der Waals surface area (Å²) in [6, 6.07) is 10.7. The topological polar surface area (TPSA) is 94.8 Å². The first kappa shape index (κ1) is 19.0. The van der Waals surface area contributed by atoms with Crippen LogP contribution in [0, 0.1) is 0 Å². The molecule has 0 saturated heterocycles. The molecule has 7 nitrogen and oxygen atoms in total. The van der Waals surface area contributed by atoms with E-state index in [1.54, 1.807) is 29.8 Å². The van der Waals surface area contributed by atoms with Crippen molar-refractivity contribution >= 4 is 43.3 Å². The van der Waals surface area contributed by atoms with E-state index < -0.39 is 21.7 Å². The molecule has 1 aromatic heterocycles. The van der Waals surface area contributed by atoms with Crippen LogP contribution in [0.1, 0.15) is 20.7 Å². The predicted molar refractivity (Wildman–Crippen MR) is 102 cm³/mol. The Balaban J connectivity index is 2.01. The number of hydrogen-bond donors (Lipinski definition) is 0. The largest absolute Gasteiger partial charge is 0.465 e. The third-order valence-electron chi connectivity index (χ3n) is 3.96. The first-order valence-electron chi connectivity index (χ1n) is 7.78. The van der Waals surface area contributed by atoms with Gasteiger partial charge in [-0.25, -0.2) is 13.2 Å². The number of nitrogens with zero attached hydrogens (tertiary/aromatic N) is 2. The van der Waals surface area contributed by atoms with E-state index in [1.807, 2.05) is 0 Å². The van der Waals surface area contributed by atoms with E-state index in [2.05, 4.69) is 4.99 Å². The molecule has 0 radical (unpaired) electrons. The summed E-state index contributed by atoms with van der Waals surface area (Å²) in [7, 11) is -0.235. The predicted octanol–water partition coefficient (Wildman–Crippen LogP) is 2.17. The molecule has 0 unspecified atom stereocenters. The van der Waals surface area contributed by atoms with E-state index in [1.165, 1.54) is 42.7 Å². The number of aromatic nitrogens is 1. The molecule has 3 aromatic rings. The highest BCUT2D eigenvalue weighted by Gasteiger charge is 2.12. The molecule has 0 spiro atoms. The van der Waals surface area contributed by atoms with Gasteiger partial charge in [-0.3, -0.25) is 4.79 Å². The number of esters is 1. The van der Waals surface area contributed by atoms with E-state index >= 15 is 0 Å². The number of carbonyl (C=O) groups excluding carboxylic acids is 2. The molecule has 3 rings (SSSR count). The number of aryl methyl sites for hydroxylation is 1. The molecule has 0 N–H and O–H groups in total. The average Bonchev–Trinajstić information content (AvgIpc) is 2.95. The van der Waals surface area contributed by atoms with Crippen LogP contribution in [0.15, 0.2) is 52.4 Å². The first-order chi connectivity index (χ1) is 12.7. The second-order valence-corrected chi connectivity index (χ2v) is 8.86. The van der Waals surface area contributed by atoms with Crippen molar-refractivity contribution in [3.63, 3.8) is 0 Å². The zero-order chi connectivity index (χ0) is 19.8. The zero-order valence-corrected chi connectivity index (χ0v) is 16.4. The van der Waals surface area contributed by atoms with Crippen LogP contribution in [0.25, 0.3) is 10.2 Å². The van der Waals surface area contributed by atoms with Gasteiger partial charge in [-0.05, 0) is 42.5 Å². The summed E-state index contributed by atoms with van der Waals surface area (Å²) < 4.78 is 30.3. The van der Waals surface area contributed by atoms with Gasteiger partial charge in [0, 0.05) is 18.9 Å². The maximum Gasteiger partial charge on any atom is 0.337 e. The van der Waals surface area contributed by atoms with E-state index in [0.29, 0.717) is 10.4 Å². The molecule has 9 heteroatoms. The van der Waals surface area contributed by atoms with Crippen molar-refractivity contribution in [3.8, 4) is 0 Å². The smallest absolute Gasteiger partial charge is 0.337 e. The van der Waals surface area contributed by atoms with Gasteiger partial charge in [0.05, 0.1) is 27.8 Å². The summed E-state index contributed by atoms with van der Waals surface area (Å²) in [6.45, 7) is 0. The zero-order valence-electron chi connectivity index (χ0n) is 14.8. The quantitative estimate of drug-likeness (QED) is 0.624. The Morgan fingerprint density at radius 1 is 1.07 bits per heavy atom. The fraction of sp³-hybridized carbons (Fsp3) is 0.167. The minimum Gasteiger partial charge on any atom is -0.465 e. The van der Waals surface area contributed by atoms with Crippen molar-refractivity contribution in [3.05, 3.63) is 58.4 Å². The number of sulfone groups is 1. The number of hydrogen-bond acceptors (Lipinski definition) is 6. The Bertz CT molecular complexity index is 1220. The molecule has 1 amide bonds. The van der Waals surface area contributed by atoms with Crippen molar-refractivity contribution in [2.24, 2.45) is 12.0 Å². The third-order valence-corrected chi connectivity index (χ3v) is 6.18. The van der Waals surface area contributed by atoms with Crippen LogP contribution in [0.5, 0.6) is 0 Å². The number of rotatable bonds is 3. The monoisotopic (exact) mass is 404 g/mol. The second-order valence-electron chi connectivity index (χ2n) is 5.83. The van der Waals surface area contributed by atoms with Crippen LogP contribution >= 0.6 is 11.3 Å². The molecule has 1 heterocycles. The summed E-state index contributed by atoms with van der Waals surface area (Å²) in [5, 5.41) is 0. The van der Waals surface area contributed by atoms with Gasteiger partial charge in [-0.15, -0.1) is 0 Å². The maximum absolute atomic E-state index is 12.4. The Morgan fingerprint density at radius 2 is 1.70 bits per heavy atom. The summed E-state index contributed by atoms with van der Waals surface area (Å²) in [4.78, 5) is 28.8. The standard InChI is InChI=1S/C18H16N2O5S2/c1-20-14-9-6-12(17(22)25-2)10-15(14)26-18(20)19-16(21)11-4-7-13(8-5-11)27(3,23)24/h4-10H,1-3H3. The molecule has 140 valence electrons. The second kappa shape index (κ2) is 7.09. The van der Waals surface area contributed by atoms with Crippen molar-refractivity contribution in [1.29, 1.82) is 0 Å². The van der Waals surface area contributed by atoms with E-state index in [4.69, 9.17) is 4.74 Å². The average molecular weight is 404 g/mol. The van der Waals surface area contributed by atoms with Gasteiger partial charge >= 0.3 is 5.97 Å². The Labute approximate surface area is 159 Å². The van der Waals surface area contributed by atoms with Crippen molar-refractivity contribution < 1.29 is 22.7 Å². The molecular formula is C18H16N2O5S2. The number of ether oxygens (including phenoxy) is 1. The number of carbonyl (C=O) groups is 2. The van der Waals surface area contributed by atoms with Gasteiger partial charge in [-0.1, -0.05) is 11.3 Å². The summed E-state index contributed by atoms with van der Waals surface area (Å²) in [5.41, 5.74) is 1.53. The van der Waals surface area contributed by atoms with Crippen molar-refractivity contribution in [2.45, 2.75) is 4.90 Å². The molecule has 0 saturated carbocycles. The molecule has 0 fully saturated rings. The lowest BCUT2D eigenvalue weighted by atomic mass is 10.2. The number of thiazole rings is 1. The molecule has 0 aliphatic carbocycles. The number of fused-ring (bicyclic) bond motifs is 1. The molecule has 0 aliphatic heterocycles. The molecule has 0 atom stereocenters. The lowest BCUT2D eigenvalue weighted by molar-refractivity contribution is 0.0600. The molecule has 0 aliphatic rings. The van der Waals surface area contributed by atoms with Crippen LogP contribution in [0.4, 0.5) is 0 Å². The maximum atomic E-state index is 12.4. The van der Waals surface area contributed by atoms with Gasteiger partial charge in [0.15, 0.2) is 14.6 Å². The normalized spacial score (nSPS) is 12.3. The van der Waals surface area contributed by atoms with Crippen LogP contribution < -0.4 is 4.80 Å². The summed E-state index contributed by atoms with van der Waals surface area (Å²) in [5.74, 6) is -0.918. The van der Waals surface area contributed by atoms with Gasteiger partial charge in [0.25, 0.3) is 5.91 Å². The van der Waals surface area contributed by atoms with E-state index in [9.17, 15) is 18.0 Å². The van der Waals surface area contributed by atoms with Crippen LogP contribution in [-0.4, -0.2) is 38.2 Å². The Morgan fingerprint density at radius 3 is 2.30 bits per heavy atom. The number of amides is 1. The van der Waals surface area contributed by atoms with Crippen LogP contribution in [0.3, 0.4) is 0 Å². The third kappa shape index (κ3) is 3.83. The molecule has 0 bridgehead atoms. The minimum absolute atomic E-state index is 0.141. The molecular weight excluding hydrogens is 388 g/mol. The minimum atomic E-state index is -3.32. The molecule has 27 heavy (non-hydrogen) atoms. The number of methoxy groups -OCH3 is 1. The van der Waals surface area contributed by atoms with E-state index in [-0.39, 0.29) is 10.5 Å². The van der Waals surface area contributed by atoms with Gasteiger partial charge in [0.2, 0.25) is 0 Å². The first-order valence-corrected chi connectivity index (χ1v) is 10.5. The Hall–Kier alpha value is -2.78. The number of benzene rings is 2.